The van der Waals surface area contributed by atoms with Gasteiger partial charge in [-0.15, -0.1) is 23.1 Å². The number of nitrogens with one attached hydrogen (secondary N) is 1. The van der Waals surface area contributed by atoms with Gasteiger partial charge in [0.05, 0.1) is 17.5 Å². The number of thioether (sulfide) groups is 1. The second kappa shape index (κ2) is 10.1. The van der Waals surface area contributed by atoms with Crippen LogP contribution in [0.3, 0.4) is 0 Å². The lowest BCUT2D eigenvalue weighted by Gasteiger charge is -2.09. The molecular formula is C20H14ClN3O3S2. The third-order valence-electron chi connectivity index (χ3n) is 3.57. The minimum atomic E-state index is -0.684. The van der Waals surface area contributed by atoms with Crippen LogP contribution in [0.5, 0.6) is 0 Å². The molecule has 29 heavy (non-hydrogen) atoms. The molecule has 1 N–H and O–H groups in total. The molecule has 0 saturated carbocycles. The van der Waals surface area contributed by atoms with Crippen LogP contribution in [0.15, 0.2) is 58.8 Å². The first-order valence-corrected chi connectivity index (χ1v) is 10.6. The molecule has 3 rings (SSSR count). The minimum Gasteiger partial charge on any atom is -0.451 e. The van der Waals surface area contributed by atoms with Crippen molar-refractivity contribution in [3.05, 3.63) is 64.6 Å². The van der Waals surface area contributed by atoms with E-state index in [-0.39, 0.29) is 11.4 Å². The predicted octanol–water partition coefficient (Wildman–Crippen LogP) is 4.87. The Morgan fingerprint density at radius 1 is 1.24 bits per heavy atom. The Morgan fingerprint density at radius 2 is 2.07 bits per heavy atom. The van der Waals surface area contributed by atoms with E-state index >= 15 is 0 Å². The molecule has 0 aliphatic heterocycles. The number of esters is 1. The second-order valence-electron chi connectivity index (χ2n) is 5.62. The smallest absolute Gasteiger partial charge is 0.358 e. The van der Waals surface area contributed by atoms with Gasteiger partial charge in [0.1, 0.15) is 5.01 Å². The Hall–Kier alpha value is -2.86. The maximum Gasteiger partial charge on any atom is 0.358 e. The number of ether oxygens (including phenoxy) is 1. The molecule has 0 aliphatic carbocycles. The molecular weight excluding hydrogens is 430 g/mol. The van der Waals surface area contributed by atoms with Crippen molar-refractivity contribution in [1.82, 2.24) is 4.98 Å². The first kappa shape index (κ1) is 20.9. The molecule has 0 fully saturated rings. The van der Waals surface area contributed by atoms with Crippen molar-refractivity contribution in [3.8, 4) is 16.6 Å². The number of para-hydroxylation sites is 1. The van der Waals surface area contributed by atoms with Crippen molar-refractivity contribution in [2.45, 2.75) is 4.90 Å². The van der Waals surface area contributed by atoms with E-state index in [1.807, 2.05) is 18.2 Å². The van der Waals surface area contributed by atoms with Crippen molar-refractivity contribution in [1.29, 1.82) is 5.26 Å². The predicted molar refractivity (Wildman–Crippen MR) is 114 cm³/mol. The fourth-order valence-electron chi connectivity index (χ4n) is 2.32. The largest absolute Gasteiger partial charge is 0.451 e. The van der Waals surface area contributed by atoms with E-state index in [9.17, 15) is 9.59 Å². The monoisotopic (exact) mass is 443 g/mol. The van der Waals surface area contributed by atoms with Crippen molar-refractivity contribution in [2.75, 3.05) is 17.7 Å². The summed E-state index contributed by atoms with van der Waals surface area (Å²) < 4.78 is 5.06. The highest BCUT2D eigenvalue weighted by molar-refractivity contribution is 7.99. The molecule has 0 spiro atoms. The number of rotatable bonds is 7. The molecule has 6 nitrogen and oxygen atoms in total. The molecule has 0 aliphatic rings. The highest BCUT2D eigenvalue weighted by Gasteiger charge is 2.16. The van der Waals surface area contributed by atoms with Gasteiger partial charge in [-0.25, -0.2) is 9.78 Å². The number of thiazole rings is 1. The van der Waals surface area contributed by atoms with E-state index in [0.717, 1.165) is 10.5 Å². The van der Waals surface area contributed by atoms with Gasteiger partial charge < -0.3 is 10.1 Å². The van der Waals surface area contributed by atoms with E-state index in [1.54, 1.807) is 41.8 Å². The van der Waals surface area contributed by atoms with Crippen LogP contribution in [0, 0.1) is 11.3 Å². The normalized spacial score (nSPS) is 10.2. The molecule has 0 bridgehead atoms. The van der Waals surface area contributed by atoms with Gasteiger partial charge in [-0.3, -0.25) is 4.79 Å². The van der Waals surface area contributed by atoms with Gasteiger partial charge >= 0.3 is 5.97 Å². The van der Waals surface area contributed by atoms with Gasteiger partial charge in [-0.05, 0) is 24.3 Å². The molecule has 0 saturated heterocycles. The summed E-state index contributed by atoms with van der Waals surface area (Å²) in [4.78, 5) is 29.4. The fraction of sp³-hybridized carbons (Fsp3) is 0.100. The molecule has 1 amide bonds. The summed E-state index contributed by atoms with van der Waals surface area (Å²) in [5.74, 6) is -0.897. The molecule has 1 heterocycles. The van der Waals surface area contributed by atoms with E-state index in [1.165, 1.54) is 23.1 Å². The summed E-state index contributed by atoms with van der Waals surface area (Å²) in [5.41, 5.74) is 1.49. The molecule has 0 radical (unpaired) electrons. The summed E-state index contributed by atoms with van der Waals surface area (Å²) >= 11 is 8.57. The number of nitrogens with zero attached hydrogens (tertiary/aromatic N) is 2. The molecule has 0 unspecified atom stereocenters. The van der Waals surface area contributed by atoms with Crippen LogP contribution in [-0.4, -0.2) is 29.2 Å². The zero-order valence-corrected chi connectivity index (χ0v) is 17.3. The van der Waals surface area contributed by atoms with E-state index in [4.69, 9.17) is 21.6 Å². The minimum absolute atomic E-state index is 0.128. The molecule has 146 valence electrons. The van der Waals surface area contributed by atoms with Crippen LogP contribution in [0.25, 0.3) is 10.6 Å². The topological polar surface area (TPSA) is 92.1 Å². The number of hydrogen-bond acceptors (Lipinski definition) is 7. The number of carbonyl (C=O) groups is 2. The standard InChI is InChI=1S/C20H14ClN3O3S2/c21-14-5-3-4-13(10-14)19-24-16(12-29-19)20(26)27-11-18(25)23-15-6-1-2-7-17(15)28-9-8-22/h1-7,10,12H,9,11H2,(H,23,25). The van der Waals surface area contributed by atoms with Crippen LogP contribution in [0.1, 0.15) is 10.5 Å². The quantitative estimate of drug-likeness (QED) is 0.413. The Labute approximate surface area is 180 Å². The lowest BCUT2D eigenvalue weighted by Crippen LogP contribution is -2.21. The molecule has 3 aromatic rings. The number of nitriles is 1. The van der Waals surface area contributed by atoms with Crippen LogP contribution < -0.4 is 5.32 Å². The number of aromatic nitrogens is 1. The van der Waals surface area contributed by atoms with Gasteiger partial charge in [-0.2, -0.15) is 5.26 Å². The Kier molecular flexibility index (Phi) is 7.25. The first-order chi connectivity index (χ1) is 14.1. The zero-order valence-electron chi connectivity index (χ0n) is 14.9. The van der Waals surface area contributed by atoms with Crippen LogP contribution in [-0.2, 0) is 9.53 Å². The highest BCUT2D eigenvalue weighted by Crippen LogP contribution is 2.27. The van der Waals surface area contributed by atoms with Crippen molar-refractivity contribution in [2.24, 2.45) is 0 Å². The Bertz CT molecular complexity index is 1080. The zero-order chi connectivity index (χ0) is 20.6. The van der Waals surface area contributed by atoms with Gasteiger partial charge in [0.15, 0.2) is 12.3 Å². The third-order valence-corrected chi connectivity index (χ3v) is 5.64. The van der Waals surface area contributed by atoms with Crippen LogP contribution >= 0.6 is 34.7 Å². The summed E-state index contributed by atoms with van der Waals surface area (Å²) in [5, 5.41) is 14.2. The maximum atomic E-state index is 12.2. The summed E-state index contributed by atoms with van der Waals surface area (Å²) in [6.45, 7) is -0.444. The van der Waals surface area contributed by atoms with Crippen molar-refractivity contribution in [3.63, 3.8) is 0 Å². The number of amides is 1. The number of hydrogen-bond donors (Lipinski definition) is 1. The Morgan fingerprint density at radius 3 is 2.86 bits per heavy atom. The number of anilines is 1. The Balaban J connectivity index is 1.57. The molecule has 1 aromatic heterocycles. The van der Waals surface area contributed by atoms with Crippen LogP contribution in [0.2, 0.25) is 5.02 Å². The maximum absolute atomic E-state index is 12.2. The third kappa shape index (κ3) is 5.81. The second-order valence-corrected chi connectivity index (χ2v) is 7.93. The highest BCUT2D eigenvalue weighted by atomic mass is 35.5. The van der Waals surface area contributed by atoms with Crippen LogP contribution in [0.4, 0.5) is 5.69 Å². The van der Waals surface area contributed by atoms with E-state index in [0.29, 0.717) is 15.7 Å². The summed E-state index contributed by atoms with van der Waals surface area (Å²) in [6, 6.07) is 16.3. The lowest BCUT2D eigenvalue weighted by molar-refractivity contribution is -0.119. The molecule has 9 heteroatoms. The average molecular weight is 444 g/mol. The summed E-state index contributed by atoms with van der Waals surface area (Å²) in [7, 11) is 0. The number of carbonyl (C=O) groups excluding carboxylic acids is 2. The van der Waals surface area contributed by atoms with Gasteiger partial charge in [0, 0.05) is 20.9 Å². The van der Waals surface area contributed by atoms with E-state index < -0.39 is 18.5 Å². The van der Waals surface area contributed by atoms with E-state index in [2.05, 4.69) is 10.3 Å². The van der Waals surface area contributed by atoms with Gasteiger partial charge in [0.25, 0.3) is 5.91 Å². The fourth-order valence-corrected chi connectivity index (χ4v) is 3.96. The lowest BCUT2D eigenvalue weighted by atomic mass is 10.2. The summed E-state index contributed by atoms with van der Waals surface area (Å²) in [6.07, 6.45) is 0. The first-order valence-electron chi connectivity index (χ1n) is 8.34. The molecule has 0 atom stereocenters. The average Bonchev–Trinajstić information content (AvgIpc) is 3.22. The number of halogens is 1. The molecule has 2 aromatic carbocycles. The van der Waals surface area contributed by atoms with Crippen molar-refractivity contribution < 1.29 is 14.3 Å². The van der Waals surface area contributed by atoms with Gasteiger partial charge in [0.2, 0.25) is 0 Å². The number of benzene rings is 2. The van der Waals surface area contributed by atoms with Gasteiger partial charge in [-0.1, -0.05) is 35.9 Å². The van der Waals surface area contributed by atoms with Crippen molar-refractivity contribution >= 4 is 52.3 Å². The SMILES string of the molecule is N#CCSc1ccccc1NC(=O)COC(=O)c1csc(-c2cccc(Cl)c2)n1.